The third kappa shape index (κ3) is 4.71. The molecule has 21 heavy (non-hydrogen) atoms. The summed E-state index contributed by atoms with van der Waals surface area (Å²) < 4.78 is 24.0. The molecule has 0 aliphatic carbocycles. The highest BCUT2D eigenvalue weighted by Gasteiger charge is 2.34. The first kappa shape index (κ1) is 16.8. The summed E-state index contributed by atoms with van der Waals surface area (Å²) in [4.78, 5) is 2.11. The van der Waals surface area contributed by atoms with Crippen molar-refractivity contribution >= 4 is 21.6 Å². The number of rotatable bonds is 6. The maximum absolute atomic E-state index is 12.0. The molecule has 118 valence electrons. The van der Waals surface area contributed by atoms with Crippen molar-refractivity contribution in [3.8, 4) is 0 Å². The molecule has 4 nitrogen and oxygen atoms in total. The summed E-state index contributed by atoms with van der Waals surface area (Å²) in [6.45, 7) is 1.31. The van der Waals surface area contributed by atoms with E-state index in [1.165, 1.54) is 11.8 Å². The van der Waals surface area contributed by atoms with Crippen molar-refractivity contribution in [2.24, 2.45) is 5.73 Å². The Bertz CT molecular complexity index is 534. The van der Waals surface area contributed by atoms with Gasteiger partial charge in [-0.3, -0.25) is 4.90 Å². The van der Waals surface area contributed by atoms with E-state index in [0.29, 0.717) is 12.3 Å². The fourth-order valence-electron chi connectivity index (χ4n) is 2.78. The fraction of sp³-hybridized carbons (Fsp3) is 0.600. The summed E-state index contributed by atoms with van der Waals surface area (Å²) in [5.74, 6) is 1.63. The molecule has 0 aromatic heterocycles. The second-order valence-corrected chi connectivity index (χ2v) is 8.86. The van der Waals surface area contributed by atoms with Crippen molar-refractivity contribution < 1.29 is 8.42 Å². The zero-order valence-electron chi connectivity index (χ0n) is 12.4. The van der Waals surface area contributed by atoms with Gasteiger partial charge in [0.2, 0.25) is 0 Å². The second kappa shape index (κ2) is 7.63. The van der Waals surface area contributed by atoms with Gasteiger partial charge >= 0.3 is 0 Å². The van der Waals surface area contributed by atoms with E-state index >= 15 is 0 Å². The van der Waals surface area contributed by atoms with Crippen molar-refractivity contribution in [2.75, 3.05) is 30.9 Å². The Kier molecular flexibility index (Phi) is 6.10. The number of sulfone groups is 1. The molecule has 0 radical (unpaired) electrons. The van der Waals surface area contributed by atoms with E-state index in [0.717, 1.165) is 25.1 Å². The zero-order chi connectivity index (χ0) is 15.3. The highest BCUT2D eigenvalue weighted by atomic mass is 32.2. The Labute approximate surface area is 132 Å². The monoisotopic (exact) mass is 328 g/mol. The molecule has 2 unspecified atom stereocenters. The molecule has 2 rings (SSSR count). The van der Waals surface area contributed by atoms with Gasteiger partial charge in [0.15, 0.2) is 9.84 Å². The van der Waals surface area contributed by atoms with Gasteiger partial charge in [0.05, 0.1) is 0 Å². The highest BCUT2D eigenvalue weighted by molar-refractivity contribution is 8.00. The van der Waals surface area contributed by atoms with Crippen LogP contribution in [0.5, 0.6) is 0 Å². The largest absolute Gasteiger partial charge is 0.329 e. The van der Waals surface area contributed by atoms with E-state index < -0.39 is 9.84 Å². The van der Waals surface area contributed by atoms with Crippen molar-refractivity contribution in [3.63, 3.8) is 0 Å². The molecule has 1 fully saturated rings. The van der Waals surface area contributed by atoms with Crippen LogP contribution in [0, 0.1) is 0 Å². The predicted octanol–water partition coefficient (Wildman–Crippen LogP) is 1.37. The van der Waals surface area contributed by atoms with Crippen molar-refractivity contribution in [3.05, 3.63) is 35.9 Å². The topological polar surface area (TPSA) is 63.4 Å². The molecule has 1 aliphatic heterocycles. The zero-order valence-corrected chi connectivity index (χ0v) is 14.1. The van der Waals surface area contributed by atoms with E-state index in [2.05, 4.69) is 17.0 Å². The molecule has 1 aliphatic rings. The molecular formula is C15H24N2O2S2. The third-order valence-corrected chi connectivity index (χ3v) is 6.63. The molecule has 2 atom stereocenters. The van der Waals surface area contributed by atoms with E-state index in [4.69, 9.17) is 5.73 Å². The molecule has 0 spiro atoms. The average Bonchev–Trinajstić information content (AvgIpc) is 2.48. The number of hydrogen-bond acceptors (Lipinski definition) is 5. The minimum absolute atomic E-state index is 0.130. The quantitative estimate of drug-likeness (QED) is 0.854. The van der Waals surface area contributed by atoms with Gasteiger partial charge in [-0.2, -0.15) is 11.8 Å². The first-order valence-corrected chi connectivity index (χ1v) is 10.4. The third-order valence-electron chi connectivity index (χ3n) is 3.97. The Hall–Kier alpha value is -0.560. The number of hydrogen-bond donors (Lipinski definition) is 1. The molecular weight excluding hydrogens is 304 g/mol. The standard InChI is InChI=1S/C15H24N2O2S2/c1-21(18,19)15-12-20-10-9-17(15)14(11-16)8-7-13-5-3-2-4-6-13/h2-6,14-15H,7-12,16H2,1H3. The molecule has 1 aromatic carbocycles. The lowest BCUT2D eigenvalue weighted by molar-refractivity contribution is 0.187. The number of nitrogens with zero attached hydrogens (tertiary/aromatic N) is 1. The van der Waals surface area contributed by atoms with E-state index in [9.17, 15) is 8.42 Å². The van der Waals surface area contributed by atoms with Crippen LogP contribution in [0.3, 0.4) is 0 Å². The van der Waals surface area contributed by atoms with Crippen molar-refractivity contribution in [2.45, 2.75) is 24.3 Å². The summed E-state index contributed by atoms with van der Waals surface area (Å²) in [6.07, 6.45) is 3.17. The Balaban J connectivity index is 2.04. The van der Waals surface area contributed by atoms with E-state index in [1.807, 2.05) is 18.2 Å². The Morgan fingerprint density at radius 1 is 1.38 bits per heavy atom. The number of nitrogens with two attached hydrogens (primary N) is 1. The predicted molar refractivity (Wildman–Crippen MR) is 90.3 cm³/mol. The van der Waals surface area contributed by atoms with Gasteiger partial charge in [0.25, 0.3) is 0 Å². The fourth-order valence-corrected chi connectivity index (χ4v) is 5.72. The average molecular weight is 329 g/mol. The minimum Gasteiger partial charge on any atom is -0.329 e. The van der Waals surface area contributed by atoms with Crippen LogP contribution in [0.4, 0.5) is 0 Å². The van der Waals surface area contributed by atoms with Crippen LogP contribution in [0.25, 0.3) is 0 Å². The molecule has 0 saturated carbocycles. The summed E-state index contributed by atoms with van der Waals surface area (Å²) in [6, 6.07) is 10.4. The van der Waals surface area contributed by atoms with Gasteiger partial charge in [-0.1, -0.05) is 30.3 Å². The van der Waals surface area contributed by atoms with Gasteiger partial charge in [-0.15, -0.1) is 0 Å². The molecule has 1 aromatic rings. The van der Waals surface area contributed by atoms with Gasteiger partial charge in [-0.25, -0.2) is 8.42 Å². The maximum Gasteiger partial charge on any atom is 0.164 e. The Morgan fingerprint density at radius 2 is 2.10 bits per heavy atom. The maximum atomic E-state index is 12.0. The van der Waals surface area contributed by atoms with Gasteiger partial charge in [0.1, 0.15) is 5.37 Å². The van der Waals surface area contributed by atoms with Gasteiger partial charge in [0, 0.05) is 36.9 Å². The smallest absolute Gasteiger partial charge is 0.164 e. The molecule has 1 heterocycles. The van der Waals surface area contributed by atoms with E-state index in [-0.39, 0.29) is 11.4 Å². The van der Waals surface area contributed by atoms with Gasteiger partial charge < -0.3 is 5.73 Å². The second-order valence-electron chi connectivity index (χ2n) is 5.51. The minimum atomic E-state index is -3.06. The van der Waals surface area contributed by atoms with Crippen LogP contribution in [0.1, 0.15) is 12.0 Å². The molecule has 1 saturated heterocycles. The molecule has 6 heteroatoms. The molecule has 0 bridgehead atoms. The summed E-state index contributed by atoms with van der Waals surface area (Å²) in [7, 11) is -3.06. The first-order valence-electron chi connectivity index (χ1n) is 7.28. The lowest BCUT2D eigenvalue weighted by Gasteiger charge is -2.39. The van der Waals surface area contributed by atoms with Crippen LogP contribution in [0.2, 0.25) is 0 Å². The number of thioether (sulfide) groups is 1. The van der Waals surface area contributed by atoms with E-state index in [1.54, 1.807) is 11.8 Å². The normalized spacial score (nSPS) is 22.1. The van der Waals surface area contributed by atoms with Crippen LogP contribution >= 0.6 is 11.8 Å². The van der Waals surface area contributed by atoms with Crippen LogP contribution < -0.4 is 5.73 Å². The van der Waals surface area contributed by atoms with Crippen molar-refractivity contribution in [1.82, 2.24) is 4.90 Å². The lowest BCUT2D eigenvalue weighted by Crippen LogP contribution is -2.54. The van der Waals surface area contributed by atoms with Gasteiger partial charge in [-0.05, 0) is 18.4 Å². The SMILES string of the molecule is CS(=O)(=O)C1CSCCN1C(CN)CCc1ccccc1. The first-order chi connectivity index (χ1) is 10.0. The summed E-state index contributed by atoms with van der Waals surface area (Å²) >= 11 is 1.71. The van der Waals surface area contributed by atoms with Crippen LogP contribution in [0.15, 0.2) is 30.3 Å². The molecule has 0 amide bonds. The van der Waals surface area contributed by atoms with Crippen molar-refractivity contribution in [1.29, 1.82) is 0 Å². The Morgan fingerprint density at radius 3 is 2.71 bits per heavy atom. The number of benzene rings is 1. The molecule has 2 N–H and O–H groups in total. The highest BCUT2D eigenvalue weighted by Crippen LogP contribution is 2.24. The van der Waals surface area contributed by atoms with Crippen LogP contribution in [-0.4, -0.2) is 55.6 Å². The lowest BCUT2D eigenvalue weighted by atomic mass is 10.0. The summed E-state index contributed by atoms with van der Waals surface area (Å²) in [5.41, 5.74) is 7.21. The van der Waals surface area contributed by atoms with Crippen LogP contribution in [-0.2, 0) is 16.3 Å². The number of aryl methyl sites for hydroxylation is 1. The summed E-state index contributed by atoms with van der Waals surface area (Å²) in [5, 5.41) is -0.388.